The highest BCUT2D eigenvalue weighted by Gasteiger charge is 2.34. The van der Waals surface area contributed by atoms with Gasteiger partial charge in [-0.2, -0.15) is 0 Å². The lowest BCUT2D eigenvalue weighted by atomic mass is 10.1. The maximum absolute atomic E-state index is 11.9. The van der Waals surface area contributed by atoms with E-state index in [0.29, 0.717) is 12.5 Å². The molecule has 3 N–H and O–H groups in total. The first kappa shape index (κ1) is 14.8. The summed E-state index contributed by atoms with van der Waals surface area (Å²) in [6.07, 6.45) is 2.93. The summed E-state index contributed by atoms with van der Waals surface area (Å²) < 4.78 is 0. The highest BCUT2D eigenvalue weighted by Crippen LogP contribution is 2.34. The molecule has 0 aromatic carbocycles. The minimum Gasteiger partial charge on any atom is -0.481 e. The van der Waals surface area contributed by atoms with Gasteiger partial charge in [-0.1, -0.05) is 0 Å². The number of rotatable bonds is 8. The molecule has 1 unspecified atom stereocenters. The maximum atomic E-state index is 11.9. The predicted molar refractivity (Wildman–Crippen MR) is 68.5 cm³/mol. The fraction of sp³-hybridized carbons (Fsp3) is 0.833. The first-order valence-electron chi connectivity index (χ1n) is 6.42. The third kappa shape index (κ3) is 5.35. The number of hydrogen-bond acceptors (Lipinski definition) is 3. The number of carbonyl (C=O) groups is 2. The van der Waals surface area contributed by atoms with Crippen molar-refractivity contribution in [2.45, 2.75) is 31.7 Å². The van der Waals surface area contributed by atoms with Crippen LogP contribution in [0.1, 0.15) is 25.7 Å². The van der Waals surface area contributed by atoms with Crippen LogP contribution in [0.25, 0.3) is 0 Å². The molecule has 0 saturated heterocycles. The van der Waals surface area contributed by atoms with E-state index >= 15 is 0 Å². The lowest BCUT2D eigenvalue weighted by Gasteiger charge is -2.22. The van der Waals surface area contributed by atoms with Crippen LogP contribution in [0.15, 0.2) is 0 Å². The van der Waals surface area contributed by atoms with Crippen LogP contribution >= 0.6 is 0 Å². The van der Waals surface area contributed by atoms with Crippen molar-refractivity contribution in [1.29, 1.82) is 0 Å². The molecule has 0 bridgehead atoms. The minimum atomic E-state index is -0.856. The van der Waals surface area contributed by atoms with E-state index < -0.39 is 5.97 Å². The molecular weight excluding hydrogens is 234 g/mol. The SMILES string of the molecule is CNCCCN(C)C(=O)NC(CC(=O)O)C1CC1. The lowest BCUT2D eigenvalue weighted by molar-refractivity contribution is -0.137. The Kier molecular flexibility index (Phi) is 5.91. The first-order valence-corrected chi connectivity index (χ1v) is 6.42. The van der Waals surface area contributed by atoms with E-state index in [1.54, 1.807) is 11.9 Å². The molecule has 0 aromatic rings. The minimum absolute atomic E-state index is 0.0146. The Hall–Kier alpha value is -1.30. The number of amides is 2. The molecule has 0 aromatic heterocycles. The Balaban J connectivity index is 2.33. The lowest BCUT2D eigenvalue weighted by Crippen LogP contribution is -2.45. The second kappa shape index (κ2) is 7.20. The summed E-state index contributed by atoms with van der Waals surface area (Å²) in [5.74, 6) is -0.513. The van der Waals surface area contributed by atoms with Crippen LogP contribution in [0.5, 0.6) is 0 Å². The molecule has 2 amide bonds. The molecule has 1 saturated carbocycles. The number of carboxylic acid groups (broad SMARTS) is 1. The number of aliphatic carboxylic acids is 1. The number of hydrogen-bond donors (Lipinski definition) is 3. The van der Waals surface area contributed by atoms with E-state index in [1.807, 2.05) is 7.05 Å². The molecule has 104 valence electrons. The van der Waals surface area contributed by atoms with Gasteiger partial charge in [0, 0.05) is 19.6 Å². The van der Waals surface area contributed by atoms with Crippen molar-refractivity contribution in [2.75, 3.05) is 27.2 Å². The van der Waals surface area contributed by atoms with Crippen LogP contribution in [0.2, 0.25) is 0 Å². The van der Waals surface area contributed by atoms with E-state index in [2.05, 4.69) is 10.6 Å². The van der Waals surface area contributed by atoms with E-state index in [4.69, 9.17) is 5.11 Å². The van der Waals surface area contributed by atoms with Crippen LogP contribution in [-0.2, 0) is 4.79 Å². The average Bonchev–Trinajstić information content (AvgIpc) is 3.11. The zero-order valence-corrected chi connectivity index (χ0v) is 11.1. The molecule has 0 radical (unpaired) electrons. The van der Waals surface area contributed by atoms with Gasteiger partial charge in [-0.15, -0.1) is 0 Å². The highest BCUT2D eigenvalue weighted by atomic mass is 16.4. The van der Waals surface area contributed by atoms with E-state index in [1.165, 1.54) is 0 Å². The fourth-order valence-corrected chi connectivity index (χ4v) is 1.89. The predicted octanol–water partition coefficient (Wildman–Crippen LogP) is 0.491. The third-order valence-corrected chi connectivity index (χ3v) is 3.16. The van der Waals surface area contributed by atoms with Crippen molar-refractivity contribution in [3.05, 3.63) is 0 Å². The quantitative estimate of drug-likeness (QED) is 0.553. The van der Waals surface area contributed by atoms with Gasteiger partial charge in [-0.3, -0.25) is 4.79 Å². The summed E-state index contributed by atoms with van der Waals surface area (Å²) >= 11 is 0. The van der Waals surface area contributed by atoms with Gasteiger partial charge in [0.15, 0.2) is 0 Å². The second-order valence-electron chi connectivity index (χ2n) is 4.87. The van der Waals surface area contributed by atoms with Gasteiger partial charge in [0.2, 0.25) is 0 Å². The van der Waals surface area contributed by atoms with Gasteiger partial charge < -0.3 is 20.6 Å². The monoisotopic (exact) mass is 257 g/mol. The van der Waals surface area contributed by atoms with Crippen molar-refractivity contribution in [3.63, 3.8) is 0 Å². The topological polar surface area (TPSA) is 81.7 Å². The zero-order chi connectivity index (χ0) is 13.5. The molecule has 1 aliphatic carbocycles. The molecule has 1 rings (SSSR count). The van der Waals surface area contributed by atoms with Crippen molar-refractivity contribution in [3.8, 4) is 0 Å². The van der Waals surface area contributed by atoms with Gasteiger partial charge in [0.05, 0.1) is 6.42 Å². The molecule has 1 aliphatic rings. The summed E-state index contributed by atoms with van der Waals surface area (Å²) in [6, 6.07) is -0.397. The van der Waals surface area contributed by atoms with Crippen molar-refractivity contribution >= 4 is 12.0 Å². The molecule has 18 heavy (non-hydrogen) atoms. The molecule has 0 spiro atoms. The van der Waals surface area contributed by atoms with Crippen LogP contribution < -0.4 is 10.6 Å². The number of urea groups is 1. The van der Waals surface area contributed by atoms with Crippen LogP contribution in [0.3, 0.4) is 0 Å². The Labute approximate surface area is 108 Å². The van der Waals surface area contributed by atoms with Crippen LogP contribution in [0, 0.1) is 5.92 Å². The third-order valence-electron chi connectivity index (χ3n) is 3.16. The first-order chi connectivity index (χ1) is 8.54. The van der Waals surface area contributed by atoms with E-state index in [9.17, 15) is 9.59 Å². The number of nitrogens with one attached hydrogen (secondary N) is 2. The molecule has 1 fully saturated rings. The van der Waals surface area contributed by atoms with Gasteiger partial charge >= 0.3 is 12.0 Å². The van der Waals surface area contributed by atoms with Crippen molar-refractivity contribution in [2.24, 2.45) is 5.92 Å². The smallest absolute Gasteiger partial charge is 0.317 e. The molecule has 0 aliphatic heterocycles. The van der Waals surface area contributed by atoms with Crippen LogP contribution in [-0.4, -0.2) is 55.2 Å². The van der Waals surface area contributed by atoms with E-state index in [0.717, 1.165) is 25.8 Å². The number of carbonyl (C=O) groups excluding carboxylic acids is 1. The molecule has 0 heterocycles. The van der Waals surface area contributed by atoms with Gasteiger partial charge in [0.25, 0.3) is 0 Å². The number of nitrogens with zero attached hydrogens (tertiary/aromatic N) is 1. The van der Waals surface area contributed by atoms with E-state index in [-0.39, 0.29) is 18.5 Å². The Bertz CT molecular complexity index is 292. The van der Waals surface area contributed by atoms with Crippen molar-refractivity contribution in [1.82, 2.24) is 15.5 Å². The molecule has 6 heteroatoms. The summed E-state index contributed by atoms with van der Waals surface area (Å²) in [5.41, 5.74) is 0. The summed E-state index contributed by atoms with van der Waals surface area (Å²) in [5, 5.41) is 14.7. The molecular formula is C12H23N3O3. The van der Waals surface area contributed by atoms with Crippen molar-refractivity contribution < 1.29 is 14.7 Å². The summed E-state index contributed by atoms with van der Waals surface area (Å²) in [6.45, 7) is 1.52. The summed E-state index contributed by atoms with van der Waals surface area (Å²) in [7, 11) is 3.60. The molecule has 1 atom stereocenters. The fourth-order valence-electron chi connectivity index (χ4n) is 1.89. The summed E-state index contributed by atoms with van der Waals surface area (Å²) in [4.78, 5) is 24.2. The Morgan fingerprint density at radius 1 is 1.44 bits per heavy atom. The van der Waals surface area contributed by atoms with Gasteiger partial charge in [-0.25, -0.2) is 4.79 Å². The Morgan fingerprint density at radius 2 is 2.11 bits per heavy atom. The van der Waals surface area contributed by atoms with Gasteiger partial charge in [-0.05, 0) is 38.8 Å². The largest absolute Gasteiger partial charge is 0.481 e. The number of carboxylic acids is 1. The second-order valence-corrected chi connectivity index (χ2v) is 4.87. The van der Waals surface area contributed by atoms with Crippen LogP contribution in [0.4, 0.5) is 4.79 Å². The standard InChI is InChI=1S/C12H23N3O3/c1-13-6-3-7-15(2)12(18)14-10(8-11(16)17)9-4-5-9/h9-10,13H,3-8H2,1-2H3,(H,14,18)(H,16,17). The normalized spacial score (nSPS) is 16.1. The van der Waals surface area contributed by atoms with Gasteiger partial charge in [0.1, 0.15) is 0 Å². The molecule has 6 nitrogen and oxygen atoms in total. The zero-order valence-electron chi connectivity index (χ0n) is 11.1. The Morgan fingerprint density at radius 3 is 2.61 bits per heavy atom. The maximum Gasteiger partial charge on any atom is 0.317 e. The average molecular weight is 257 g/mol. The highest BCUT2D eigenvalue weighted by molar-refractivity contribution is 5.75.